The van der Waals surface area contributed by atoms with Gasteiger partial charge in [-0.05, 0) is 116 Å². The summed E-state index contributed by atoms with van der Waals surface area (Å²) >= 11 is 0. The Bertz CT molecular complexity index is 1010. The zero-order valence-electron chi connectivity index (χ0n) is 24.9. The number of allylic oxidation sites excluding steroid dienone is 1. The van der Waals surface area contributed by atoms with Crippen molar-refractivity contribution in [1.29, 1.82) is 0 Å². The molecule has 3 heteroatoms. The summed E-state index contributed by atoms with van der Waals surface area (Å²) < 4.78 is 11.3. The molecule has 8 atom stereocenters. The summed E-state index contributed by atoms with van der Waals surface area (Å²) in [6, 6.07) is 7.26. The van der Waals surface area contributed by atoms with Crippen LogP contribution in [0.1, 0.15) is 116 Å². The summed E-state index contributed by atoms with van der Waals surface area (Å²) in [5.41, 5.74) is 3.01. The molecule has 0 aliphatic heterocycles. The number of ether oxygens (including phenoxy) is 2. The minimum atomic E-state index is -0.205. The van der Waals surface area contributed by atoms with Crippen LogP contribution in [0.3, 0.4) is 0 Å². The second-order valence-electron chi connectivity index (χ2n) is 14.3. The van der Waals surface area contributed by atoms with Gasteiger partial charge in [0.15, 0.2) is 0 Å². The Hall–Kier alpha value is -1.77. The molecule has 1 aromatic carbocycles. The molecule has 0 saturated heterocycles. The third kappa shape index (κ3) is 5.08. The van der Waals surface area contributed by atoms with Gasteiger partial charge in [-0.1, -0.05) is 65.5 Å². The molecule has 5 rings (SSSR count). The van der Waals surface area contributed by atoms with Gasteiger partial charge in [-0.2, -0.15) is 0 Å². The molecule has 0 N–H and O–H groups in total. The van der Waals surface area contributed by atoms with Gasteiger partial charge in [0.25, 0.3) is 0 Å². The molecular weight excluding hydrogens is 468 g/mol. The van der Waals surface area contributed by atoms with E-state index in [1.54, 1.807) is 24.8 Å². The second kappa shape index (κ2) is 11.0. The molecule has 0 radical (unpaired) electrons. The number of carbonyl (C=O) groups excluding carboxylic acids is 1. The molecule has 4 aliphatic rings. The van der Waals surface area contributed by atoms with Crippen molar-refractivity contribution in [2.75, 3.05) is 7.11 Å². The SMILES string of the molecule is COc1ccc(C(=O)O[C@H]2CC[C@@]3(C)C(=CC[C@@H]4[C@H]5CC[C@@H]([C@H](C)CCCC(C)C)[C@]5(C)CC[C@H]43)C2)cc1. The predicted molar refractivity (Wildman–Crippen MR) is 155 cm³/mol. The zero-order chi connectivity index (χ0) is 27.1. The number of hydrogen-bond donors (Lipinski definition) is 0. The van der Waals surface area contributed by atoms with Crippen molar-refractivity contribution in [3.8, 4) is 5.75 Å². The third-order valence-electron chi connectivity index (χ3n) is 11.9. The first-order valence-electron chi connectivity index (χ1n) is 15.7. The normalized spacial score (nSPS) is 37.0. The molecule has 0 heterocycles. The summed E-state index contributed by atoms with van der Waals surface area (Å²) in [7, 11) is 1.64. The molecule has 4 aliphatic carbocycles. The second-order valence-corrected chi connectivity index (χ2v) is 14.3. The predicted octanol–water partition coefficient (Wildman–Crippen LogP) is 9.26. The molecule has 0 amide bonds. The van der Waals surface area contributed by atoms with E-state index in [2.05, 4.69) is 40.7 Å². The van der Waals surface area contributed by atoms with E-state index in [0.717, 1.165) is 60.5 Å². The molecule has 3 saturated carbocycles. The highest BCUT2D eigenvalue weighted by Gasteiger charge is 2.59. The summed E-state index contributed by atoms with van der Waals surface area (Å²) in [6.07, 6.45) is 16.8. The standard InChI is InChI=1S/C35H52O3/c1-23(2)8-7-9-24(3)30-16-17-31-29-15-12-26-22-28(38-33(36)25-10-13-27(37-6)14-11-25)18-20-34(26,4)32(29)19-21-35(30,31)5/h10-14,23-24,28-32H,7-9,15-22H2,1-6H3/t24-,28+,29-,30+,31-,32-,34+,35+/m1/s1. The maximum absolute atomic E-state index is 12.8. The van der Waals surface area contributed by atoms with Crippen LogP contribution in [-0.4, -0.2) is 19.2 Å². The molecule has 0 aromatic heterocycles. The van der Waals surface area contributed by atoms with Crippen LogP contribution in [0.2, 0.25) is 0 Å². The Morgan fingerprint density at radius 2 is 1.74 bits per heavy atom. The fourth-order valence-corrected chi connectivity index (χ4v) is 9.70. The fraction of sp³-hybridized carbons (Fsp3) is 0.743. The molecule has 0 spiro atoms. The van der Waals surface area contributed by atoms with Crippen LogP contribution >= 0.6 is 0 Å². The number of hydrogen-bond acceptors (Lipinski definition) is 3. The monoisotopic (exact) mass is 520 g/mol. The number of esters is 1. The molecule has 210 valence electrons. The zero-order valence-corrected chi connectivity index (χ0v) is 24.9. The smallest absolute Gasteiger partial charge is 0.338 e. The first-order valence-corrected chi connectivity index (χ1v) is 15.7. The lowest BCUT2D eigenvalue weighted by atomic mass is 9.47. The molecule has 1 aromatic rings. The van der Waals surface area contributed by atoms with E-state index in [-0.39, 0.29) is 17.5 Å². The number of carbonyl (C=O) groups is 1. The summed E-state index contributed by atoms with van der Waals surface area (Å²) in [4.78, 5) is 12.8. The first-order chi connectivity index (χ1) is 18.2. The van der Waals surface area contributed by atoms with Crippen LogP contribution in [0.4, 0.5) is 0 Å². The van der Waals surface area contributed by atoms with Crippen LogP contribution in [-0.2, 0) is 4.74 Å². The number of benzene rings is 1. The van der Waals surface area contributed by atoms with Crippen LogP contribution in [0, 0.1) is 46.3 Å². The molecule has 38 heavy (non-hydrogen) atoms. The van der Waals surface area contributed by atoms with E-state index in [9.17, 15) is 4.79 Å². The van der Waals surface area contributed by atoms with Gasteiger partial charge >= 0.3 is 5.97 Å². The molecule has 3 nitrogen and oxygen atoms in total. The Kier molecular flexibility index (Phi) is 8.05. The van der Waals surface area contributed by atoms with Crippen molar-refractivity contribution in [3.63, 3.8) is 0 Å². The summed E-state index contributed by atoms with van der Waals surface area (Å²) in [6.45, 7) is 12.5. The fourth-order valence-electron chi connectivity index (χ4n) is 9.70. The Morgan fingerprint density at radius 3 is 2.45 bits per heavy atom. The van der Waals surface area contributed by atoms with Crippen molar-refractivity contribution in [1.82, 2.24) is 0 Å². The van der Waals surface area contributed by atoms with E-state index in [1.807, 2.05) is 12.1 Å². The topological polar surface area (TPSA) is 35.5 Å². The minimum Gasteiger partial charge on any atom is -0.497 e. The van der Waals surface area contributed by atoms with Crippen molar-refractivity contribution in [2.24, 2.45) is 46.3 Å². The Balaban J connectivity index is 1.24. The van der Waals surface area contributed by atoms with Crippen LogP contribution in [0.15, 0.2) is 35.9 Å². The lowest BCUT2D eigenvalue weighted by Gasteiger charge is -2.58. The van der Waals surface area contributed by atoms with Crippen molar-refractivity contribution >= 4 is 5.97 Å². The largest absolute Gasteiger partial charge is 0.497 e. The molecule has 0 bridgehead atoms. The van der Waals surface area contributed by atoms with Gasteiger partial charge in [-0.25, -0.2) is 4.79 Å². The van der Waals surface area contributed by atoms with Gasteiger partial charge in [0, 0.05) is 6.42 Å². The first kappa shape index (κ1) is 27.8. The van der Waals surface area contributed by atoms with E-state index in [0.29, 0.717) is 11.0 Å². The van der Waals surface area contributed by atoms with Gasteiger partial charge in [-0.15, -0.1) is 0 Å². The number of methoxy groups -OCH3 is 1. The van der Waals surface area contributed by atoms with Gasteiger partial charge in [0.1, 0.15) is 11.9 Å². The van der Waals surface area contributed by atoms with E-state index in [4.69, 9.17) is 9.47 Å². The number of fused-ring (bicyclic) bond motifs is 5. The highest BCUT2D eigenvalue weighted by molar-refractivity contribution is 5.89. The van der Waals surface area contributed by atoms with E-state index < -0.39 is 0 Å². The Labute approximate surface area is 232 Å². The molecule has 0 unspecified atom stereocenters. The quantitative estimate of drug-likeness (QED) is 0.253. The summed E-state index contributed by atoms with van der Waals surface area (Å²) in [5.74, 6) is 5.68. The minimum absolute atomic E-state index is 0.00289. The van der Waals surface area contributed by atoms with Crippen LogP contribution in [0.5, 0.6) is 5.75 Å². The van der Waals surface area contributed by atoms with Crippen molar-refractivity contribution in [2.45, 2.75) is 111 Å². The third-order valence-corrected chi connectivity index (χ3v) is 11.9. The van der Waals surface area contributed by atoms with E-state index >= 15 is 0 Å². The van der Waals surface area contributed by atoms with Gasteiger partial charge < -0.3 is 9.47 Å². The van der Waals surface area contributed by atoms with Crippen LogP contribution in [0.25, 0.3) is 0 Å². The Morgan fingerprint density at radius 1 is 0.974 bits per heavy atom. The average molecular weight is 521 g/mol. The van der Waals surface area contributed by atoms with E-state index in [1.165, 1.54) is 51.4 Å². The molecule has 3 fully saturated rings. The average Bonchev–Trinajstić information content (AvgIpc) is 3.26. The van der Waals surface area contributed by atoms with Gasteiger partial charge in [-0.3, -0.25) is 0 Å². The van der Waals surface area contributed by atoms with Crippen LogP contribution < -0.4 is 4.74 Å². The molecular formula is C35H52O3. The van der Waals surface area contributed by atoms with Gasteiger partial charge in [0.05, 0.1) is 12.7 Å². The highest BCUT2D eigenvalue weighted by atomic mass is 16.5. The van der Waals surface area contributed by atoms with Crippen molar-refractivity contribution < 1.29 is 14.3 Å². The highest BCUT2D eigenvalue weighted by Crippen LogP contribution is 2.67. The van der Waals surface area contributed by atoms with Gasteiger partial charge in [0.2, 0.25) is 0 Å². The lowest BCUT2D eigenvalue weighted by molar-refractivity contribution is -0.0594. The maximum atomic E-state index is 12.8. The van der Waals surface area contributed by atoms with Crippen molar-refractivity contribution in [3.05, 3.63) is 41.5 Å². The summed E-state index contributed by atoms with van der Waals surface area (Å²) in [5, 5.41) is 0. The maximum Gasteiger partial charge on any atom is 0.338 e. The lowest BCUT2D eigenvalue weighted by Crippen LogP contribution is -2.51. The number of rotatable bonds is 8.